The van der Waals surface area contributed by atoms with Gasteiger partial charge in [0, 0.05) is 36.7 Å². The molecule has 4 rings (SSSR count). The zero-order valence-corrected chi connectivity index (χ0v) is 15.5. The number of hydrogen-bond donors (Lipinski definition) is 1. The van der Waals surface area contributed by atoms with Gasteiger partial charge in [-0.2, -0.15) is 0 Å². The van der Waals surface area contributed by atoms with Gasteiger partial charge in [0.15, 0.2) is 0 Å². The quantitative estimate of drug-likeness (QED) is 0.755. The van der Waals surface area contributed by atoms with E-state index in [9.17, 15) is 13.2 Å². The number of sulfonamides is 1. The number of carbonyl (C=O) groups excluding carboxylic acids is 1. The molecule has 0 aliphatic carbocycles. The second kappa shape index (κ2) is 6.66. The van der Waals surface area contributed by atoms with Crippen molar-refractivity contribution in [3.63, 3.8) is 0 Å². The van der Waals surface area contributed by atoms with Gasteiger partial charge in [-0.05, 0) is 42.8 Å². The van der Waals surface area contributed by atoms with Crippen molar-refractivity contribution in [1.29, 1.82) is 0 Å². The van der Waals surface area contributed by atoms with E-state index in [-0.39, 0.29) is 10.8 Å². The van der Waals surface area contributed by atoms with E-state index >= 15 is 0 Å². The first-order valence-electron chi connectivity index (χ1n) is 8.54. The number of aromatic nitrogens is 1. The number of pyridine rings is 1. The molecule has 1 aliphatic rings. The zero-order chi connectivity index (χ0) is 19.0. The van der Waals surface area contributed by atoms with Crippen molar-refractivity contribution >= 4 is 32.5 Å². The molecule has 6 nitrogen and oxygen atoms in total. The highest BCUT2D eigenvalue weighted by atomic mass is 32.2. The molecular formula is C20H18N3O3S. The maximum absolute atomic E-state index is 12.9. The van der Waals surface area contributed by atoms with Crippen LogP contribution in [0.25, 0.3) is 10.9 Å². The van der Waals surface area contributed by atoms with Crippen LogP contribution in [-0.4, -0.2) is 37.3 Å². The van der Waals surface area contributed by atoms with Crippen LogP contribution in [0.15, 0.2) is 59.6 Å². The minimum atomic E-state index is -3.82. The average molecular weight is 380 g/mol. The standard InChI is InChI=1S/C20H18N3O3S/c1-14-13-16(20(24)23-11-4-12-23)8-9-17(14)22-27(25,26)18-7-2-5-15-6-3-10-21-19(15)18/h2-10,13,22H,11-12H2,1H3. The summed E-state index contributed by atoms with van der Waals surface area (Å²) in [5, 5.41) is 0.754. The van der Waals surface area contributed by atoms with Gasteiger partial charge in [-0.3, -0.25) is 14.5 Å². The number of hydrogen-bond acceptors (Lipinski definition) is 4. The summed E-state index contributed by atoms with van der Waals surface area (Å²) in [5.41, 5.74) is 2.10. The summed E-state index contributed by atoms with van der Waals surface area (Å²) in [7, 11) is -3.82. The van der Waals surface area contributed by atoms with E-state index in [1.54, 1.807) is 48.4 Å². The molecule has 7 heteroatoms. The van der Waals surface area contributed by atoms with Crippen LogP contribution in [0.2, 0.25) is 0 Å². The normalized spacial score (nSPS) is 14.0. The van der Waals surface area contributed by atoms with Crippen LogP contribution in [0.5, 0.6) is 0 Å². The maximum Gasteiger partial charge on any atom is 0.264 e. The molecule has 27 heavy (non-hydrogen) atoms. The number of amides is 1. The van der Waals surface area contributed by atoms with Gasteiger partial charge in [0.25, 0.3) is 15.9 Å². The van der Waals surface area contributed by atoms with Gasteiger partial charge >= 0.3 is 0 Å². The number of anilines is 1. The Morgan fingerprint density at radius 2 is 1.89 bits per heavy atom. The third-order valence-corrected chi connectivity index (χ3v) is 5.99. The van der Waals surface area contributed by atoms with E-state index in [0.29, 0.717) is 35.4 Å². The van der Waals surface area contributed by atoms with Gasteiger partial charge in [0.1, 0.15) is 4.90 Å². The van der Waals surface area contributed by atoms with Crippen LogP contribution in [0, 0.1) is 13.3 Å². The molecule has 1 aromatic heterocycles. The molecule has 137 valence electrons. The fraction of sp³-hybridized carbons (Fsp3) is 0.150. The lowest BCUT2D eigenvalue weighted by Gasteiger charge is -2.30. The van der Waals surface area contributed by atoms with Crippen molar-refractivity contribution < 1.29 is 13.2 Å². The Morgan fingerprint density at radius 3 is 2.59 bits per heavy atom. The van der Waals surface area contributed by atoms with Crippen molar-refractivity contribution in [1.82, 2.24) is 9.88 Å². The minimum Gasteiger partial charge on any atom is -0.338 e. The van der Waals surface area contributed by atoms with E-state index in [1.165, 1.54) is 6.07 Å². The molecule has 0 bridgehead atoms. The molecule has 0 spiro atoms. The first-order chi connectivity index (χ1) is 13.0. The summed E-state index contributed by atoms with van der Waals surface area (Å²) in [6, 6.07) is 13.6. The topological polar surface area (TPSA) is 79.4 Å². The van der Waals surface area contributed by atoms with E-state index < -0.39 is 10.0 Å². The molecule has 1 saturated heterocycles. The second-order valence-electron chi connectivity index (χ2n) is 6.47. The van der Waals surface area contributed by atoms with Gasteiger partial charge in [-0.25, -0.2) is 8.42 Å². The minimum absolute atomic E-state index is 0.0479. The van der Waals surface area contributed by atoms with Crippen LogP contribution >= 0.6 is 0 Å². The van der Waals surface area contributed by atoms with Gasteiger partial charge in [-0.1, -0.05) is 18.2 Å². The molecule has 1 amide bonds. The van der Waals surface area contributed by atoms with Crippen molar-refractivity contribution in [2.75, 3.05) is 17.8 Å². The van der Waals surface area contributed by atoms with Crippen LogP contribution in [-0.2, 0) is 10.0 Å². The van der Waals surface area contributed by atoms with Crippen LogP contribution in [0.1, 0.15) is 15.9 Å². The van der Waals surface area contributed by atoms with Crippen LogP contribution in [0.3, 0.4) is 0 Å². The van der Waals surface area contributed by atoms with Gasteiger partial charge < -0.3 is 4.90 Å². The number of nitrogens with one attached hydrogen (secondary N) is 1. The number of para-hydroxylation sites is 1. The monoisotopic (exact) mass is 380 g/mol. The fourth-order valence-corrected chi connectivity index (χ4v) is 4.32. The molecule has 1 N–H and O–H groups in total. The summed E-state index contributed by atoms with van der Waals surface area (Å²) < 4.78 is 28.5. The Kier molecular flexibility index (Phi) is 4.31. The van der Waals surface area contributed by atoms with Crippen LogP contribution < -0.4 is 4.72 Å². The molecule has 0 unspecified atom stereocenters. The second-order valence-corrected chi connectivity index (χ2v) is 8.12. The molecule has 1 fully saturated rings. The first kappa shape index (κ1) is 17.5. The number of likely N-dealkylation sites (tertiary alicyclic amines) is 1. The molecule has 3 aromatic rings. The van der Waals surface area contributed by atoms with E-state index in [0.717, 1.165) is 5.39 Å². The van der Waals surface area contributed by atoms with Gasteiger partial charge in [0.05, 0.1) is 11.2 Å². The van der Waals surface area contributed by atoms with Crippen molar-refractivity contribution in [3.05, 3.63) is 72.3 Å². The Balaban J connectivity index is 1.65. The lowest BCUT2D eigenvalue weighted by atomic mass is 10.1. The van der Waals surface area contributed by atoms with Crippen molar-refractivity contribution in [2.45, 2.75) is 11.8 Å². The molecule has 2 aromatic carbocycles. The summed E-state index contributed by atoms with van der Waals surface area (Å²) in [6.07, 6.45) is 3.59. The predicted molar refractivity (Wildman–Crippen MR) is 104 cm³/mol. The third kappa shape index (κ3) is 3.26. The SMILES string of the molecule is Cc1cc(C(=O)N2C[CH]C2)ccc1NS(=O)(=O)c1cccc2cccnc12. The van der Waals surface area contributed by atoms with Gasteiger partial charge in [0.2, 0.25) is 0 Å². The number of fused-ring (bicyclic) bond motifs is 1. The zero-order valence-electron chi connectivity index (χ0n) is 14.7. The number of nitrogens with zero attached hydrogens (tertiary/aromatic N) is 2. The Bertz CT molecular complexity index is 1130. The summed E-state index contributed by atoms with van der Waals surface area (Å²) in [6.45, 7) is 3.08. The predicted octanol–water partition coefficient (Wildman–Crippen LogP) is 3.00. The van der Waals surface area contributed by atoms with E-state index in [4.69, 9.17) is 0 Å². The molecule has 0 atom stereocenters. The number of aryl methyl sites for hydroxylation is 1. The lowest BCUT2D eigenvalue weighted by Crippen LogP contribution is -2.42. The molecular weight excluding hydrogens is 362 g/mol. The fourth-order valence-electron chi connectivity index (χ4n) is 3.01. The molecule has 0 saturated carbocycles. The summed E-state index contributed by atoms with van der Waals surface area (Å²) >= 11 is 0. The number of carbonyl (C=O) groups is 1. The van der Waals surface area contributed by atoms with E-state index in [1.807, 2.05) is 18.6 Å². The Morgan fingerprint density at radius 1 is 1.11 bits per heavy atom. The Hall–Kier alpha value is -2.93. The van der Waals surface area contributed by atoms with Crippen LogP contribution in [0.4, 0.5) is 5.69 Å². The highest BCUT2D eigenvalue weighted by molar-refractivity contribution is 7.93. The summed E-state index contributed by atoms with van der Waals surface area (Å²) in [5.74, 6) is -0.0479. The first-order valence-corrected chi connectivity index (χ1v) is 10.0. The molecule has 1 radical (unpaired) electrons. The maximum atomic E-state index is 12.9. The highest BCUT2D eigenvalue weighted by Gasteiger charge is 2.23. The number of rotatable bonds is 4. The Labute approximate surface area is 157 Å². The van der Waals surface area contributed by atoms with E-state index in [2.05, 4.69) is 9.71 Å². The van der Waals surface area contributed by atoms with Crippen molar-refractivity contribution in [2.24, 2.45) is 0 Å². The number of benzene rings is 2. The molecule has 2 heterocycles. The van der Waals surface area contributed by atoms with Crippen molar-refractivity contribution in [3.8, 4) is 0 Å². The largest absolute Gasteiger partial charge is 0.338 e. The molecule has 1 aliphatic heterocycles. The average Bonchev–Trinajstić information content (AvgIpc) is 2.61. The third-order valence-electron chi connectivity index (χ3n) is 4.59. The highest BCUT2D eigenvalue weighted by Crippen LogP contribution is 2.25. The smallest absolute Gasteiger partial charge is 0.264 e. The summed E-state index contributed by atoms with van der Waals surface area (Å²) in [4.78, 5) is 18.4. The van der Waals surface area contributed by atoms with Gasteiger partial charge in [-0.15, -0.1) is 0 Å². The lowest BCUT2D eigenvalue weighted by molar-refractivity contribution is 0.0721.